The number of carbonyl (C=O) groups is 2. The van der Waals surface area contributed by atoms with Crippen LogP contribution in [0.5, 0.6) is 11.6 Å². The minimum Gasteiger partial charge on any atom is -0.439 e. The minimum absolute atomic E-state index is 0.00372. The number of aryl methyl sites for hydroxylation is 1. The molecule has 2 heterocycles. The lowest BCUT2D eigenvalue weighted by Gasteiger charge is -2.19. The molecule has 4 aromatic rings. The fourth-order valence-corrected chi connectivity index (χ4v) is 4.56. The van der Waals surface area contributed by atoms with Crippen LogP contribution in [0.2, 0.25) is 0 Å². The quantitative estimate of drug-likeness (QED) is 0.279. The van der Waals surface area contributed by atoms with Crippen molar-refractivity contribution < 1.29 is 14.3 Å². The summed E-state index contributed by atoms with van der Waals surface area (Å²) < 4.78 is 6.08. The third-order valence-corrected chi connectivity index (χ3v) is 7.41. The molecule has 0 spiro atoms. The molecule has 4 N–H and O–H groups in total. The van der Waals surface area contributed by atoms with Gasteiger partial charge in [-0.2, -0.15) is 0 Å². The molecule has 0 unspecified atom stereocenters. The van der Waals surface area contributed by atoms with Crippen molar-refractivity contribution in [1.82, 2.24) is 9.97 Å². The Hall–Kier alpha value is -3.82. The molecular weight excluding hydrogens is 486 g/mol. The van der Waals surface area contributed by atoms with Crippen molar-refractivity contribution in [2.45, 2.75) is 46.1 Å². The highest BCUT2D eigenvalue weighted by Crippen LogP contribution is 2.46. The number of nitrogens with one attached hydrogen (secondary N) is 2. The topological polar surface area (TPSA) is 119 Å². The van der Waals surface area contributed by atoms with Gasteiger partial charge in [0.25, 0.3) is 5.91 Å². The van der Waals surface area contributed by atoms with Gasteiger partial charge < -0.3 is 21.1 Å². The van der Waals surface area contributed by atoms with Crippen LogP contribution >= 0.6 is 11.3 Å². The van der Waals surface area contributed by atoms with Crippen LogP contribution in [0.4, 0.5) is 10.8 Å². The van der Waals surface area contributed by atoms with Gasteiger partial charge in [0.15, 0.2) is 5.13 Å². The van der Waals surface area contributed by atoms with Crippen LogP contribution in [0.25, 0.3) is 10.3 Å². The fourth-order valence-electron chi connectivity index (χ4n) is 3.74. The van der Waals surface area contributed by atoms with E-state index in [1.165, 1.54) is 11.3 Å². The Balaban J connectivity index is 1.31. The maximum atomic E-state index is 12.9. The van der Waals surface area contributed by atoms with Crippen molar-refractivity contribution in [2.24, 2.45) is 11.1 Å². The zero-order chi connectivity index (χ0) is 26.4. The smallest absolute Gasteiger partial charge is 0.255 e. The summed E-state index contributed by atoms with van der Waals surface area (Å²) in [5.41, 5.74) is 8.94. The molecule has 190 valence electrons. The van der Waals surface area contributed by atoms with Crippen LogP contribution in [0.1, 0.15) is 55.1 Å². The highest BCUT2D eigenvalue weighted by molar-refractivity contribution is 7.22. The molecule has 0 aliphatic heterocycles. The predicted octanol–water partition coefficient (Wildman–Crippen LogP) is 5.98. The number of pyridine rings is 1. The molecule has 9 heteroatoms. The van der Waals surface area contributed by atoms with Gasteiger partial charge in [0, 0.05) is 34.3 Å². The van der Waals surface area contributed by atoms with Crippen molar-refractivity contribution in [3.63, 3.8) is 0 Å². The number of carbonyl (C=O) groups excluding carboxylic acids is 2. The van der Waals surface area contributed by atoms with Crippen molar-refractivity contribution in [3.8, 4) is 11.6 Å². The van der Waals surface area contributed by atoms with Gasteiger partial charge in [-0.25, -0.2) is 9.97 Å². The number of hydrogen-bond donors (Lipinski definition) is 3. The van der Waals surface area contributed by atoms with Gasteiger partial charge in [-0.15, -0.1) is 0 Å². The molecule has 1 fully saturated rings. The van der Waals surface area contributed by atoms with Crippen molar-refractivity contribution in [3.05, 3.63) is 71.3 Å². The molecule has 1 saturated carbocycles. The van der Waals surface area contributed by atoms with Gasteiger partial charge in [0.2, 0.25) is 11.8 Å². The lowest BCUT2D eigenvalue weighted by molar-refractivity contribution is -0.120. The largest absolute Gasteiger partial charge is 0.439 e. The Bertz CT molecular complexity index is 1520. The Labute approximate surface area is 219 Å². The van der Waals surface area contributed by atoms with E-state index in [0.29, 0.717) is 38.4 Å². The fraction of sp³-hybridized carbons (Fsp3) is 0.286. The lowest BCUT2D eigenvalue weighted by atomic mass is 9.94. The first-order chi connectivity index (χ1) is 17.5. The second kappa shape index (κ2) is 9.24. The zero-order valence-corrected chi connectivity index (χ0v) is 22.0. The Kier molecular flexibility index (Phi) is 6.21. The van der Waals surface area contributed by atoms with E-state index in [4.69, 9.17) is 10.5 Å². The molecule has 2 aromatic heterocycles. The first kappa shape index (κ1) is 24.9. The number of benzene rings is 2. The van der Waals surface area contributed by atoms with Crippen molar-refractivity contribution >= 4 is 44.3 Å². The summed E-state index contributed by atoms with van der Waals surface area (Å²) in [7, 11) is 0. The molecule has 1 aliphatic rings. The Morgan fingerprint density at radius 2 is 1.84 bits per heavy atom. The van der Waals surface area contributed by atoms with Crippen LogP contribution in [-0.2, 0) is 10.3 Å². The average molecular weight is 516 g/mol. The number of hydrogen-bond acceptors (Lipinski definition) is 7. The number of fused-ring (bicyclic) bond motifs is 1. The highest BCUT2D eigenvalue weighted by Gasteiger charge is 2.45. The zero-order valence-electron chi connectivity index (χ0n) is 21.2. The van der Waals surface area contributed by atoms with Gasteiger partial charge in [0.05, 0.1) is 0 Å². The number of rotatable bonds is 7. The SMILES string of the molecule is Cc1ccc(NC(=O)c2cccc(C(C)(C)N)c2)cc1Oc1ccc2nc(NC(=O)C3(C)CC3)sc2n1. The predicted molar refractivity (Wildman–Crippen MR) is 146 cm³/mol. The van der Waals surface area contributed by atoms with E-state index >= 15 is 0 Å². The maximum Gasteiger partial charge on any atom is 0.255 e. The van der Waals surface area contributed by atoms with Crippen molar-refractivity contribution in [1.29, 1.82) is 0 Å². The third kappa shape index (κ3) is 5.47. The van der Waals surface area contributed by atoms with Gasteiger partial charge in [-0.1, -0.05) is 36.5 Å². The van der Waals surface area contributed by atoms with Crippen LogP contribution in [-0.4, -0.2) is 21.8 Å². The van der Waals surface area contributed by atoms with E-state index in [2.05, 4.69) is 20.6 Å². The molecule has 0 atom stereocenters. The van der Waals surface area contributed by atoms with Crippen LogP contribution in [0.3, 0.4) is 0 Å². The first-order valence-corrected chi connectivity index (χ1v) is 12.9. The second-order valence-electron chi connectivity index (χ2n) is 10.3. The molecule has 1 aliphatic carbocycles. The summed E-state index contributed by atoms with van der Waals surface area (Å²) in [6.07, 6.45) is 1.80. The molecule has 2 amide bonds. The highest BCUT2D eigenvalue weighted by atomic mass is 32.1. The first-order valence-electron chi connectivity index (χ1n) is 12.1. The van der Waals surface area contributed by atoms with Crippen molar-refractivity contribution in [2.75, 3.05) is 10.6 Å². The monoisotopic (exact) mass is 515 g/mol. The van der Waals surface area contributed by atoms with E-state index in [1.54, 1.807) is 24.3 Å². The summed E-state index contributed by atoms with van der Waals surface area (Å²) in [5, 5.41) is 6.36. The van der Waals surface area contributed by atoms with Gasteiger partial charge in [-0.05, 0) is 69.0 Å². The lowest BCUT2D eigenvalue weighted by Crippen LogP contribution is -2.29. The summed E-state index contributed by atoms with van der Waals surface area (Å²) >= 11 is 1.31. The molecule has 0 bridgehead atoms. The summed E-state index contributed by atoms with van der Waals surface area (Å²) in [5.74, 6) is 0.726. The van der Waals surface area contributed by atoms with E-state index in [1.807, 2.05) is 58.0 Å². The number of nitrogens with zero attached hydrogens (tertiary/aromatic N) is 2. The molecule has 5 rings (SSSR count). The summed E-state index contributed by atoms with van der Waals surface area (Å²) in [6, 6.07) is 16.3. The standard InChI is InChI=1S/C28H29N5O3S/c1-16-8-9-19(30-23(34)17-6-5-7-18(14-17)27(2,3)29)15-21(16)36-22-11-10-20-24(32-22)37-26(31-20)33-25(35)28(4)12-13-28/h5-11,14-15H,12-13,29H2,1-4H3,(H,30,34)(H,31,33,35). The Morgan fingerprint density at radius 1 is 1.05 bits per heavy atom. The van der Waals surface area contributed by atoms with Crippen LogP contribution in [0, 0.1) is 12.3 Å². The average Bonchev–Trinajstić information content (AvgIpc) is 3.48. The summed E-state index contributed by atoms with van der Waals surface area (Å²) in [6.45, 7) is 7.68. The number of aromatic nitrogens is 2. The molecule has 0 saturated heterocycles. The number of anilines is 2. The molecule has 8 nitrogen and oxygen atoms in total. The molecule has 0 radical (unpaired) electrons. The number of ether oxygens (including phenoxy) is 1. The van der Waals surface area contributed by atoms with Gasteiger partial charge in [0.1, 0.15) is 16.1 Å². The summed E-state index contributed by atoms with van der Waals surface area (Å²) in [4.78, 5) is 35.0. The van der Waals surface area contributed by atoms with Crippen LogP contribution in [0.15, 0.2) is 54.6 Å². The van der Waals surface area contributed by atoms with E-state index < -0.39 is 5.54 Å². The normalized spacial score (nSPS) is 14.3. The number of nitrogens with two attached hydrogens (primary N) is 1. The van der Waals surface area contributed by atoms with E-state index in [0.717, 1.165) is 24.0 Å². The maximum absolute atomic E-state index is 12.9. The Morgan fingerprint density at radius 3 is 2.57 bits per heavy atom. The molecule has 2 aromatic carbocycles. The van der Waals surface area contributed by atoms with Crippen LogP contribution < -0.4 is 21.1 Å². The minimum atomic E-state index is -0.547. The molecule has 37 heavy (non-hydrogen) atoms. The number of thiazole rings is 1. The third-order valence-electron chi connectivity index (χ3n) is 6.53. The van der Waals surface area contributed by atoms with Gasteiger partial charge in [-0.3, -0.25) is 9.59 Å². The van der Waals surface area contributed by atoms with E-state index in [9.17, 15) is 9.59 Å². The van der Waals surface area contributed by atoms with Gasteiger partial charge >= 0.3 is 0 Å². The molecular formula is C28H29N5O3S. The van der Waals surface area contributed by atoms with E-state index in [-0.39, 0.29) is 17.2 Å². The second-order valence-corrected chi connectivity index (χ2v) is 11.3. The number of amides is 2.